The molecule has 10 heteroatoms. The summed E-state index contributed by atoms with van der Waals surface area (Å²) in [5.41, 5.74) is 1.55. The lowest BCUT2D eigenvalue weighted by atomic mass is 10.2. The van der Waals surface area contributed by atoms with Crippen LogP contribution in [0, 0.1) is 0 Å². The van der Waals surface area contributed by atoms with Gasteiger partial charge in [-0.15, -0.1) is 11.3 Å². The summed E-state index contributed by atoms with van der Waals surface area (Å²) in [4.78, 5) is 39.4. The third-order valence-electron chi connectivity index (χ3n) is 4.11. The molecule has 31 heavy (non-hydrogen) atoms. The van der Waals surface area contributed by atoms with E-state index < -0.39 is 0 Å². The van der Waals surface area contributed by atoms with Gasteiger partial charge in [-0.3, -0.25) is 14.4 Å². The van der Waals surface area contributed by atoms with Gasteiger partial charge in [0.25, 0.3) is 0 Å². The standard InChI is InChI=1S/C21H23N3O5S2/c1-14(25)28-10-11-30-21-24-17-8-7-15(12-18(17)31-21)23-20(27)6-2-5-19(26)22-13-16-4-3-9-29-16/h3-4,7-9,12H,2,5-6,10-11,13H2,1H3,(H,22,26)(H,23,27). The first kappa shape index (κ1) is 22.8. The fourth-order valence-corrected chi connectivity index (χ4v) is 4.67. The van der Waals surface area contributed by atoms with Gasteiger partial charge in [0.1, 0.15) is 12.4 Å². The summed E-state index contributed by atoms with van der Waals surface area (Å²) in [6, 6.07) is 9.11. The van der Waals surface area contributed by atoms with Crippen molar-refractivity contribution in [3.63, 3.8) is 0 Å². The Labute approximate surface area is 187 Å². The molecule has 2 amide bonds. The third kappa shape index (κ3) is 7.72. The van der Waals surface area contributed by atoms with Crippen LogP contribution in [-0.4, -0.2) is 35.1 Å². The lowest BCUT2D eigenvalue weighted by Gasteiger charge is -2.06. The smallest absolute Gasteiger partial charge is 0.302 e. The lowest BCUT2D eigenvalue weighted by Crippen LogP contribution is -2.22. The van der Waals surface area contributed by atoms with E-state index in [0.717, 1.165) is 14.6 Å². The highest BCUT2D eigenvalue weighted by molar-refractivity contribution is 8.01. The largest absolute Gasteiger partial charge is 0.467 e. The first-order valence-corrected chi connectivity index (χ1v) is 11.6. The van der Waals surface area contributed by atoms with Gasteiger partial charge in [-0.25, -0.2) is 4.98 Å². The topological polar surface area (TPSA) is 111 Å². The number of nitrogens with one attached hydrogen (secondary N) is 2. The molecule has 0 aliphatic heterocycles. The number of nitrogens with zero attached hydrogens (tertiary/aromatic N) is 1. The molecule has 0 atom stereocenters. The van der Waals surface area contributed by atoms with Crippen molar-refractivity contribution in [2.75, 3.05) is 17.7 Å². The Morgan fingerprint density at radius 1 is 1.19 bits per heavy atom. The van der Waals surface area contributed by atoms with Crippen molar-refractivity contribution in [3.05, 3.63) is 42.4 Å². The van der Waals surface area contributed by atoms with Crippen LogP contribution < -0.4 is 10.6 Å². The van der Waals surface area contributed by atoms with Gasteiger partial charge >= 0.3 is 5.97 Å². The van der Waals surface area contributed by atoms with Gasteiger partial charge in [0.2, 0.25) is 11.8 Å². The molecule has 0 unspecified atom stereocenters. The number of carbonyl (C=O) groups excluding carboxylic acids is 3. The van der Waals surface area contributed by atoms with Crippen molar-refractivity contribution >= 4 is 56.8 Å². The molecule has 164 valence electrons. The molecule has 2 aromatic heterocycles. The highest BCUT2D eigenvalue weighted by Gasteiger charge is 2.09. The van der Waals surface area contributed by atoms with Gasteiger partial charge in [0.05, 0.1) is 23.0 Å². The van der Waals surface area contributed by atoms with Gasteiger partial charge in [-0.2, -0.15) is 0 Å². The second-order valence-electron chi connectivity index (χ2n) is 6.61. The lowest BCUT2D eigenvalue weighted by molar-refractivity contribution is -0.140. The minimum absolute atomic E-state index is 0.117. The fraction of sp³-hybridized carbons (Fsp3) is 0.333. The first-order valence-electron chi connectivity index (χ1n) is 9.75. The first-order chi connectivity index (χ1) is 15.0. The average molecular weight is 462 g/mol. The third-order valence-corrected chi connectivity index (χ3v) is 6.24. The maximum absolute atomic E-state index is 12.2. The van der Waals surface area contributed by atoms with E-state index in [4.69, 9.17) is 9.15 Å². The van der Waals surface area contributed by atoms with E-state index in [0.29, 0.717) is 36.8 Å². The number of carbonyl (C=O) groups is 3. The van der Waals surface area contributed by atoms with Gasteiger partial charge in [0, 0.05) is 31.2 Å². The molecule has 0 aliphatic carbocycles. The molecule has 0 saturated heterocycles. The summed E-state index contributed by atoms with van der Waals surface area (Å²) >= 11 is 3.05. The van der Waals surface area contributed by atoms with Crippen LogP contribution in [0.2, 0.25) is 0 Å². The number of esters is 1. The molecule has 0 bridgehead atoms. The van der Waals surface area contributed by atoms with Crippen LogP contribution in [-0.2, 0) is 25.7 Å². The van der Waals surface area contributed by atoms with Crippen molar-refractivity contribution in [1.82, 2.24) is 10.3 Å². The van der Waals surface area contributed by atoms with Crippen molar-refractivity contribution in [2.24, 2.45) is 0 Å². The summed E-state index contributed by atoms with van der Waals surface area (Å²) < 4.78 is 11.9. The second kappa shape index (κ2) is 11.5. The Bertz CT molecular complexity index is 1030. The Balaban J connectivity index is 1.40. The monoisotopic (exact) mass is 461 g/mol. The van der Waals surface area contributed by atoms with Crippen LogP contribution >= 0.6 is 23.1 Å². The van der Waals surface area contributed by atoms with Crippen molar-refractivity contribution < 1.29 is 23.5 Å². The Kier molecular flexibility index (Phi) is 8.48. The summed E-state index contributed by atoms with van der Waals surface area (Å²) in [5, 5.41) is 5.62. The number of hydrogen-bond acceptors (Lipinski definition) is 8. The molecule has 0 saturated carbocycles. The Morgan fingerprint density at radius 3 is 2.81 bits per heavy atom. The molecule has 0 fully saturated rings. The van der Waals surface area contributed by atoms with Gasteiger partial charge in [-0.05, 0) is 36.8 Å². The molecule has 0 spiro atoms. The number of fused-ring (bicyclic) bond motifs is 1. The normalized spacial score (nSPS) is 10.7. The van der Waals surface area contributed by atoms with E-state index in [1.54, 1.807) is 18.4 Å². The summed E-state index contributed by atoms with van der Waals surface area (Å²) in [6.07, 6.45) is 2.55. The van der Waals surface area contributed by atoms with Crippen LogP contribution in [0.25, 0.3) is 10.2 Å². The molecule has 2 N–H and O–H groups in total. The molecular formula is C21H23N3O5S2. The quantitative estimate of drug-likeness (QED) is 0.252. The molecule has 0 radical (unpaired) electrons. The number of thiazole rings is 1. The van der Waals surface area contributed by atoms with Crippen molar-refractivity contribution in [2.45, 2.75) is 37.1 Å². The van der Waals surface area contributed by atoms with Crippen LogP contribution in [0.4, 0.5) is 5.69 Å². The van der Waals surface area contributed by atoms with Crippen molar-refractivity contribution in [3.8, 4) is 0 Å². The van der Waals surface area contributed by atoms with Crippen LogP contribution in [0.15, 0.2) is 45.4 Å². The van der Waals surface area contributed by atoms with Crippen molar-refractivity contribution in [1.29, 1.82) is 0 Å². The van der Waals surface area contributed by atoms with E-state index in [-0.39, 0.29) is 30.6 Å². The number of hydrogen-bond donors (Lipinski definition) is 2. The molecule has 0 aliphatic rings. The molecule has 8 nitrogen and oxygen atoms in total. The zero-order chi connectivity index (χ0) is 22.1. The second-order valence-corrected chi connectivity index (χ2v) is 8.98. The average Bonchev–Trinajstić information content (AvgIpc) is 3.38. The number of benzene rings is 1. The Hall–Kier alpha value is -2.85. The molecule has 3 aromatic rings. The zero-order valence-corrected chi connectivity index (χ0v) is 18.6. The van der Waals surface area contributed by atoms with E-state index in [1.807, 2.05) is 18.2 Å². The summed E-state index contributed by atoms with van der Waals surface area (Å²) in [5.74, 6) is 0.779. The van der Waals surface area contributed by atoms with Crippen LogP contribution in [0.5, 0.6) is 0 Å². The van der Waals surface area contributed by atoms with Crippen LogP contribution in [0.1, 0.15) is 31.9 Å². The number of anilines is 1. The SMILES string of the molecule is CC(=O)OCCSc1nc2ccc(NC(=O)CCCC(=O)NCc3ccco3)cc2s1. The number of aromatic nitrogens is 1. The maximum atomic E-state index is 12.2. The van der Waals surface area contributed by atoms with E-state index in [2.05, 4.69) is 15.6 Å². The number of rotatable bonds is 11. The zero-order valence-electron chi connectivity index (χ0n) is 17.0. The fourth-order valence-electron chi connectivity index (χ4n) is 2.68. The molecular weight excluding hydrogens is 438 g/mol. The highest BCUT2D eigenvalue weighted by Crippen LogP contribution is 2.31. The van der Waals surface area contributed by atoms with Gasteiger partial charge < -0.3 is 19.8 Å². The maximum Gasteiger partial charge on any atom is 0.302 e. The number of thioether (sulfide) groups is 1. The summed E-state index contributed by atoms with van der Waals surface area (Å²) in [7, 11) is 0. The van der Waals surface area contributed by atoms with E-state index >= 15 is 0 Å². The molecule has 3 rings (SSSR count). The van der Waals surface area contributed by atoms with Gasteiger partial charge in [-0.1, -0.05) is 11.8 Å². The number of amides is 2. The Morgan fingerprint density at radius 2 is 2.03 bits per heavy atom. The number of ether oxygens (including phenoxy) is 1. The summed E-state index contributed by atoms with van der Waals surface area (Å²) in [6.45, 7) is 2.07. The minimum atomic E-state index is -0.292. The highest BCUT2D eigenvalue weighted by atomic mass is 32.2. The minimum Gasteiger partial charge on any atom is -0.467 e. The molecule has 2 heterocycles. The number of furan rings is 1. The van der Waals surface area contributed by atoms with Gasteiger partial charge in [0.15, 0.2) is 4.34 Å². The predicted molar refractivity (Wildman–Crippen MR) is 120 cm³/mol. The molecule has 1 aromatic carbocycles. The van der Waals surface area contributed by atoms with E-state index in [1.165, 1.54) is 30.0 Å². The van der Waals surface area contributed by atoms with Crippen LogP contribution in [0.3, 0.4) is 0 Å². The predicted octanol–water partition coefficient (Wildman–Crippen LogP) is 3.97. The van der Waals surface area contributed by atoms with E-state index in [9.17, 15) is 14.4 Å².